The molecule has 4 rings (SSSR count). The van der Waals surface area contributed by atoms with E-state index in [9.17, 15) is 35.4 Å². The number of phenols is 6. The van der Waals surface area contributed by atoms with Crippen LogP contribution in [0.5, 0.6) is 34.5 Å². The summed E-state index contributed by atoms with van der Waals surface area (Å²) in [6.07, 6.45) is -1.35. The molecule has 2 aliphatic rings. The quantitative estimate of drug-likeness (QED) is 0.384. The lowest BCUT2D eigenvalue weighted by atomic mass is 9.84. The Hall–Kier alpha value is -3.21. The van der Waals surface area contributed by atoms with Crippen molar-refractivity contribution in [2.45, 2.75) is 32.5 Å². The minimum absolute atomic E-state index is 0.0211. The van der Waals surface area contributed by atoms with E-state index in [2.05, 4.69) is 0 Å². The third-order valence-electron chi connectivity index (χ3n) is 5.51. The minimum Gasteiger partial charge on any atom is -0.504 e. The van der Waals surface area contributed by atoms with Gasteiger partial charge in [-0.2, -0.15) is 0 Å². The van der Waals surface area contributed by atoms with Gasteiger partial charge in [0.1, 0.15) is 0 Å². The average Bonchev–Trinajstić information content (AvgIpc) is 3.09. The molecular weight excluding hydrogens is 388 g/mol. The number of carbonyl (C=O) groups excluding carboxylic acids is 1. The summed E-state index contributed by atoms with van der Waals surface area (Å²) >= 11 is 0. The molecular formula is C19H18O10. The van der Waals surface area contributed by atoms with Crippen LogP contribution in [0.4, 0.5) is 0 Å². The number of fused-ring (bicyclic) bond motifs is 3. The number of carbonyl (C=O) groups is 1. The first-order valence-electron chi connectivity index (χ1n) is 8.51. The molecule has 0 bridgehead atoms. The molecule has 10 nitrogen and oxygen atoms in total. The van der Waals surface area contributed by atoms with Gasteiger partial charge < -0.3 is 44.8 Å². The topological polar surface area (TPSA) is 166 Å². The first kappa shape index (κ1) is 19.1. The molecule has 6 N–H and O–H groups in total. The number of benzene rings is 2. The summed E-state index contributed by atoms with van der Waals surface area (Å²) in [7, 11) is 1.24. The van der Waals surface area contributed by atoms with Gasteiger partial charge in [0.2, 0.25) is 17.3 Å². The predicted molar refractivity (Wildman–Crippen MR) is 94.0 cm³/mol. The van der Waals surface area contributed by atoms with Gasteiger partial charge in [0.15, 0.2) is 29.3 Å². The Morgan fingerprint density at radius 1 is 0.897 bits per heavy atom. The fourth-order valence-electron chi connectivity index (χ4n) is 3.90. The standard InChI is InChI=1S/C19H18O10/c1-5-7-4-28-19(10(7)14(23)16(25)11(5)20)17(26)9-8(18(27-3)29-19)6(2)12(21)15(24)13(9)22/h18,20-25H,4H2,1-3H3/t18-,19+/m1/s1. The molecule has 1 spiro atoms. The number of hydrogen-bond acceptors (Lipinski definition) is 10. The summed E-state index contributed by atoms with van der Waals surface area (Å²) in [6, 6.07) is 0. The summed E-state index contributed by atoms with van der Waals surface area (Å²) in [6.45, 7) is 2.59. The highest BCUT2D eigenvalue weighted by molar-refractivity contribution is 6.08. The van der Waals surface area contributed by atoms with Crippen LogP contribution in [-0.4, -0.2) is 43.5 Å². The molecule has 0 saturated carbocycles. The van der Waals surface area contributed by atoms with Crippen molar-refractivity contribution in [2.75, 3.05) is 7.11 Å². The van der Waals surface area contributed by atoms with Gasteiger partial charge in [-0.15, -0.1) is 0 Å². The zero-order valence-corrected chi connectivity index (χ0v) is 15.6. The second-order valence-corrected chi connectivity index (χ2v) is 6.90. The molecule has 0 aromatic heterocycles. The molecule has 154 valence electrons. The van der Waals surface area contributed by atoms with Crippen molar-refractivity contribution in [1.82, 2.24) is 0 Å². The molecule has 0 unspecified atom stereocenters. The zero-order valence-electron chi connectivity index (χ0n) is 15.6. The number of aromatic hydroxyl groups is 6. The van der Waals surface area contributed by atoms with Crippen LogP contribution in [0.15, 0.2) is 0 Å². The Balaban J connectivity index is 2.07. The predicted octanol–water partition coefficient (Wildman–Crippen LogP) is 1.78. The summed E-state index contributed by atoms with van der Waals surface area (Å²) < 4.78 is 16.6. The number of methoxy groups -OCH3 is 1. The average molecular weight is 406 g/mol. The number of ketones is 1. The van der Waals surface area contributed by atoms with Crippen LogP contribution in [0.25, 0.3) is 0 Å². The molecule has 0 radical (unpaired) electrons. The van der Waals surface area contributed by atoms with E-state index in [1.807, 2.05) is 0 Å². The molecule has 0 aliphatic carbocycles. The molecule has 2 aromatic rings. The summed E-state index contributed by atoms with van der Waals surface area (Å²) in [4.78, 5) is 13.4. The van der Waals surface area contributed by atoms with Crippen LogP contribution >= 0.6 is 0 Å². The van der Waals surface area contributed by atoms with Gasteiger partial charge in [-0.25, -0.2) is 0 Å². The monoisotopic (exact) mass is 406 g/mol. The Morgan fingerprint density at radius 2 is 1.48 bits per heavy atom. The molecule has 2 aromatic carbocycles. The van der Waals surface area contributed by atoms with Crippen molar-refractivity contribution in [3.8, 4) is 34.5 Å². The maximum absolute atomic E-state index is 13.4. The molecule has 0 saturated heterocycles. The maximum atomic E-state index is 13.4. The Kier molecular flexibility index (Phi) is 3.89. The van der Waals surface area contributed by atoms with E-state index in [4.69, 9.17) is 14.2 Å². The molecule has 29 heavy (non-hydrogen) atoms. The molecule has 0 fully saturated rings. The Bertz CT molecular complexity index is 1090. The lowest BCUT2D eigenvalue weighted by Gasteiger charge is -2.38. The minimum atomic E-state index is -2.32. The second kappa shape index (κ2) is 5.89. The highest BCUT2D eigenvalue weighted by Gasteiger charge is 2.58. The van der Waals surface area contributed by atoms with Gasteiger partial charge >= 0.3 is 0 Å². The number of ether oxygens (including phenoxy) is 3. The maximum Gasteiger partial charge on any atom is 0.268 e. The lowest BCUT2D eigenvalue weighted by molar-refractivity contribution is -0.289. The number of hydrogen-bond donors (Lipinski definition) is 6. The SMILES string of the molecule is CO[C@@H]1O[C@]2(OCc3c(C)c(O)c(O)c(O)c32)C(=O)c2c(O)c(O)c(O)c(C)c21. The Morgan fingerprint density at radius 3 is 2.10 bits per heavy atom. The number of Topliss-reactive ketones (excluding diaryl/α,β-unsaturated/α-hetero) is 1. The summed E-state index contributed by atoms with van der Waals surface area (Å²) in [5.74, 6) is -8.04. The number of rotatable bonds is 1. The molecule has 2 atom stereocenters. The van der Waals surface area contributed by atoms with E-state index in [0.29, 0.717) is 0 Å². The van der Waals surface area contributed by atoms with Crippen LogP contribution in [0.2, 0.25) is 0 Å². The van der Waals surface area contributed by atoms with E-state index < -0.39 is 57.9 Å². The van der Waals surface area contributed by atoms with Crippen molar-refractivity contribution < 1.29 is 49.6 Å². The smallest absolute Gasteiger partial charge is 0.268 e. The first-order valence-corrected chi connectivity index (χ1v) is 8.51. The van der Waals surface area contributed by atoms with E-state index >= 15 is 0 Å². The second-order valence-electron chi connectivity index (χ2n) is 6.90. The molecule has 2 heterocycles. The van der Waals surface area contributed by atoms with Crippen LogP contribution in [0.3, 0.4) is 0 Å². The van der Waals surface area contributed by atoms with Crippen molar-refractivity contribution in [3.63, 3.8) is 0 Å². The zero-order chi connectivity index (χ0) is 21.4. The molecule has 0 amide bonds. The van der Waals surface area contributed by atoms with Crippen molar-refractivity contribution in [1.29, 1.82) is 0 Å². The number of phenolic OH excluding ortho intramolecular Hbond substituents is 6. The largest absolute Gasteiger partial charge is 0.504 e. The summed E-state index contributed by atoms with van der Waals surface area (Å²) in [5.41, 5.74) is -0.272. The van der Waals surface area contributed by atoms with Gasteiger partial charge in [0.05, 0.1) is 17.7 Å². The fraction of sp³-hybridized carbons (Fsp3) is 0.316. The third kappa shape index (κ3) is 2.13. The van der Waals surface area contributed by atoms with Gasteiger partial charge in [0.25, 0.3) is 5.79 Å². The highest BCUT2D eigenvalue weighted by atomic mass is 16.8. The van der Waals surface area contributed by atoms with E-state index in [0.717, 1.165) is 0 Å². The normalized spacial score (nSPS) is 22.7. The van der Waals surface area contributed by atoms with E-state index in [-0.39, 0.29) is 34.4 Å². The van der Waals surface area contributed by atoms with Crippen molar-refractivity contribution in [3.05, 3.63) is 33.4 Å². The Labute approximate surface area is 163 Å². The van der Waals surface area contributed by atoms with Gasteiger partial charge in [-0.3, -0.25) is 4.79 Å². The van der Waals surface area contributed by atoms with Crippen LogP contribution in [0.1, 0.15) is 44.5 Å². The van der Waals surface area contributed by atoms with E-state index in [1.54, 1.807) is 0 Å². The fourth-order valence-corrected chi connectivity index (χ4v) is 3.90. The van der Waals surface area contributed by atoms with Crippen LogP contribution in [0, 0.1) is 13.8 Å². The van der Waals surface area contributed by atoms with Gasteiger partial charge in [-0.1, -0.05) is 0 Å². The van der Waals surface area contributed by atoms with Crippen molar-refractivity contribution >= 4 is 5.78 Å². The summed E-state index contributed by atoms with van der Waals surface area (Å²) in [5, 5.41) is 61.0. The first-order chi connectivity index (χ1) is 13.6. The lowest BCUT2D eigenvalue weighted by Crippen LogP contribution is -2.44. The third-order valence-corrected chi connectivity index (χ3v) is 5.51. The van der Waals surface area contributed by atoms with Gasteiger partial charge in [0, 0.05) is 23.8 Å². The van der Waals surface area contributed by atoms with Gasteiger partial charge in [-0.05, 0) is 19.4 Å². The highest BCUT2D eigenvalue weighted by Crippen LogP contribution is 2.58. The van der Waals surface area contributed by atoms with Crippen LogP contribution < -0.4 is 0 Å². The molecule has 10 heteroatoms. The van der Waals surface area contributed by atoms with Crippen LogP contribution in [-0.2, 0) is 26.6 Å². The van der Waals surface area contributed by atoms with E-state index in [1.165, 1.54) is 21.0 Å². The molecule has 2 aliphatic heterocycles. The van der Waals surface area contributed by atoms with Crippen molar-refractivity contribution in [2.24, 2.45) is 0 Å².